The molecule has 0 aromatic heterocycles. The summed E-state index contributed by atoms with van der Waals surface area (Å²) in [6.45, 7) is 13.1. The van der Waals surface area contributed by atoms with Crippen molar-refractivity contribution in [1.29, 1.82) is 0 Å². The molecular formula is C18H31NO. The first-order valence-corrected chi connectivity index (χ1v) is 7.93. The maximum atomic E-state index is 9.59. The molecule has 0 saturated heterocycles. The monoisotopic (exact) mass is 277 g/mol. The van der Waals surface area contributed by atoms with Crippen molar-refractivity contribution < 1.29 is 5.11 Å². The number of hydrogen-bond acceptors (Lipinski definition) is 2. The van der Waals surface area contributed by atoms with Crippen molar-refractivity contribution >= 4 is 5.69 Å². The maximum Gasteiger partial charge on any atom is 0.0761 e. The lowest BCUT2D eigenvalue weighted by molar-refractivity contribution is 0.199. The predicted octanol–water partition coefficient (Wildman–Crippen LogP) is 4.64. The maximum absolute atomic E-state index is 9.59. The zero-order chi connectivity index (χ0) is 15.1. The Morgan fingerprint density at radius 1 is 0.850 bits per heavy atom. The molecule has 2 nitrogen and oxygen atoms in total. The van der Waals surface area contributed by atoms with E-state index in [1.165, 1.54) is 18.5 Å². The highest BCUT2D eigenvalue weighted by molar-refractivity contribution is 5.47. The van der Waals surface area contributed by atoms with Gasteiger partial charge < -0.3 is 10.0 Å². The van der Waals surface area contributed by atoms with Gasteiger partial charge in [-0.05, 0) is 49.3 Å². The SMILES string of the molecule is CC(C)CCN(CCC(C)C)c1ccc([C@@H](C)O)cc1. The highest BCUT2D eigenvalue weighted by atomic mass is 16.3. The van der Waals surface area contributed by atoms with Crippen LogP contribution in [0.2, 0.25) is 0 Å². The van der Waals surface area contributed by atoms with E-state index in [9.17, 15) is 5.11 Å². The number of aliphatic hydroxyl groups excluding tert-OH is 1. The molecule has 114 valence electrons. The third-order valence-electron chi connectivity index (χ3n) is 3.69. The fourth-order valence-corrected chi connectivity index (χ4v) is 2.16. The van der Waals surface area contributed by atoms with E-state index in [1.54, 1.807) is 0 Å². The number of aliphatic hydroxyl groups is 1. The minimum absolute atomic E-state index is 0.385. The Bertz CT molecular complexity index is 356. The number of nitrogens with zero attached hydrogens (tertiary/aromatic N) is 1. The molecule has 1 atom stereocenters. The average Bonchev–Trinajstić information content (AvgIpc) is 2.38. The highest BCUT2D eigenvalue weighted by Gasteiger charge is 2.09. The van der Waals surface area contributed by atoms with Crippen LogP contribution in [0.1, 0.15) is 59.1 Å². The summed E-state index contributed by atoms with van der Waals surface area (Å²) in [6, 6.07) is 8.36. The fourth-order valence-electron chi connectivity index (χ4n) is 2.16. The van der Waals surface area contributed by atoms with Gasteiger partial charge in [-0.15, -0.1) is 0 Å². The molecule has 0 heterocycles. The van der Waals surface area contributed by atoms with E-state index in [4.69, 9.17) is 0 Å². The lowest BCUT2D eigenvalue weighted by Crippen LogP contribution is -2.27. The topological polar surface area (TPSA) is 23.5 Å². The summed E-state index contributed by atoms with van der Waals surface area (Å²) in [5.74, 6) is 1.46. The van der Waals surface area contributed by atoms with Crippen molar-refractivity contribution in [2.45, 2.75) is 53.6 Å². The molecule has 0 radical (unpaired) electrons. The second-order valence-electron chi connectivity index (χ2n) is 6.62. The minimum Gasteiger partial charge on any atom is -0.389 e. The predicted molar refractivity (Wildman–Crippen MR) is 88.2 cm³/mol. The van der Waals surface area contributed by atoms with Gasteiger partial charge in [0.2, 0.25) is 0 Å². The van der Waals surface area contributed by atoms with Crippen molar-refractivity contribution in [1.82, 2.24) is 0 Å². The van der Waals surface area contributed by atoms with Gasteiger partial charge in [-0.2, -0.15) is 0 Å². The van der Waals surface area contributed by atoms with Gasteiger partial charge in [-0.3, -0.25) is 0 Å². The third-order valence-corrected chi connectivity index (χ3v) is 3.69. The Morgan fingerprint density at radius 2 is 1.30 bits per heavy atom. The van der Waals surface area contributed by atoms with Crippen LogP contribution in [-0.4, -0.2) is 18.2 Å². The van der Waals surface area contributed by atoms with E-state index in [0.717, 1.165) is 30.5 Å². The van der Waals surface area contributed by atoms with E-state index in [1.807, 2.05) is 19.1 Å². The number of hydrogen-bond donors (Lipinski definition) is 1. The van der Waals surface area contributed by atoms with E-state index in [-0.39, 0.29) is 6.10 Å². The molecule has 2 heteroatoms. The van der Waals surface area contributed by atoms with Crippen LogP contribution < -0.4 is 4.90 Å². The van der Waals surface area contributed by atoms with E-state index < -0.39 is 0 Å². The lowest BCUT2D eigenvalue weighted by atomic mass is 10.1. The van der Waals surface area contributed by atoms with Gasteiger partial charge >= 0.3 is 0 Å². The Hall–Kier alpha value is -1.02. The van der Waals surface area contributed by atoms with Gasteiger partial charge in [0.05, 0.1) is 6.10 Å². The quantitative estimate of drug-likeness (QED) is 0.748. The van der Waals surface area contributed by atoms with Crippen LogP contribution in [0.5, 0.6) is 0 Å². The molecule has 0 aliphatic heterocycles. The van der Waals surface area contributed by atoms with Crippen LogP contribution in [0.4, 0.5) is 5.69 Å². The standard InChI is InChI=1S/C18H31NO/c1-14(2)10-12-19(13-11-15(3)4)18-8-6-17(7-9-18)16(5)20/h6-9,14-16,20H,10-13H2,1-5H3/t16-/m1/s1. The second-order valence-corrected chi connectivity index (χ2v) is 6.62. The van der Waals surface area contributed by atoms with Gasteiger partial charge in [-0.25, -0.2) is 0 Å². The Kier molecular flexibility index (Phi) is 7.08. The van der Waals surface area contributed by atoms with Gasteiger partial charge in [0.25, 0.3) is 0 Å². The Labute approximate surface area is 124 Å². The normalized spacial score (nSPS) is 13.0. The summed E-state index contributed by atoms with van der Waals surface area (Å²) in [6.07, 6.45) is 2.05. The average molecular weight is 277 g/mol. The number of rotatable bonds is 8. The zero-order valence-electron chi connectivity index (χ0n) is 13.8. The molecular weight excluding hydrogens is 246 g/mol. The molecule has 0 aliphatic rings. The molecule has 1 aromatic carbocycles. The number of anilines is 1. The van der Waals surface area contributed by atoms with Gasteiger partial charge in [0, 0.05) is 18.8 Å². The largest absolute Gasteiger partial charge is 0.389 e. The minimum atomic E-state index is -0.385. The van der Waals surface area contributed by atoms with Crippen LogP contribution in [0.15, 0.2) is 24.3 Å². The molecule has 0 bridgehead atoms. The fraction of sp³-hybridized carbons (Fsp3) is 0.667. The summed E-state index contributed by atoms with van der Waals surface area (Å²) in [5.41, 5.74) is 2.26. The van der Waals surface area contributed by atoms with E-state index in [2.05, 4.69) is 44.7 Å². The Morgan fingerprint density at radius 3 is 1.65 bits per heavy atom. The first-order valence-electron chi connectivity index (χ1n) is 7.93. The zero-order valence-corrected chi connectivity index (χ0v) is 13.8. The van der Waals surface area contributed by atoms with Crippen molar-refractivity contribution in [2.24, 2.45) is 11.8 Å². The van der Waals surface area contributed by atoms with E-state index in [0.29, 0.717) is 0 Å². The second kappa shape index (κ2) is 8.31. The molecule has 0 aliphatic carbocycles. The molecule has 0 fully saturated rings. The lowest BCUT2D eigenvalue weighted by Gasteiger charge is -2.27. The van der Waals surface area contributed by atoms with Crippen LogP contribution in [-0.2, 0) is 0 Å². The van der Waals surface area contributed by atoms with Crippen molar-refractivity contribution in [3.05, 3.63) is 29.8 Å². The molecule has 1 rings (SSSR count). The smallest absolute Gasteiger partial charge is 0.0761 e. The van der Waals surface area contributed by atoms with Gasteiger partial charge in [-0.1, -0.05) is 39.8 Å². The summed E-state index contributed by atoms with van der Waals surface area (Å²) < 4.78 is 0. The van der Waals surface area contributed by atoms with Crippen LogP contribution in [0.3, 0.4) is 0 Å². The molecule has 20 heavy (non-hydrogen) atoms. The van der Waals surface area contributed by atoms with Crippen LogP contribution in [0, 0.1) is 11.8 Å². The number of benzene rings is 1. The summed E-state index contributed by atoms with van der Waals surface area (Å²) in [5, 5.41) is 9.59. The van der Waals surface area contributed by atoms with Crippen molar-refractivity contribution in [3.63, 3.8) is 0 Å². The van der Waals surface area contributed by atoms with E-state index >= 15 is 0 Å². The van der Waals surface area contributed by atoms with Crippen molar-refractivity contribution in [3.8, 4) is 0 Å². The summed E-state index contributed by atoms with van der Waals surface area (Å²) >= 11 is 0. The molecule has 0 saturated carbocycles. The summed E-state index contributed by atoms with van der Waals surface area (Å²) in [4.78, 5) is 2.48. The molecule has 0 unspecified atom stereocenters. The third kappa shape index (κ3) is 5.96. The highest BCUT2D eigenvalue weighted by Crippen LogP contribution is 2.21. The summed E-state index contributed by atoms with van der Waals surface area (Å²) in [7, 11) is 0. The van der Waals surface area contributed by atoms with Gasteiger partial charge in [0.15, 0.2) is 0 Å². The first kappa shape index (κ1) is 17.0. The van der Waals surface area contributed by atoms with Crippen LogP contribution >= 0.6 is 0 Å². The first-order chi connectivity index (χ1) is 9.40. The molecule has 0 spiro atoms. The Balaban J connectivity index is 2.74. The molecule has 1 aromatic rings. The van der Waals surface area contributed by atoms with Gasteiger partial charge in [0.1, 0.15) is 0 Å². The molecule has 0 amide bonds. The van der Waals surface area contributed by atoms with Crippen molar-refractivity contribution in [2.75, 3.05) is 18.0 Å². The van der Waals surface area contributed by atoms with Crippen LogP contribution in [0.25, 0.3) is 0 Å². The molecule has 1 N–H and O–H groups in total.